The summed E-state index contributed by atoms with van der Waals surface area (Å²) in [6.45, 7) is 4.31. The maximum absolute atomic E-state index is 11.8. The highest BCUT2D eigenvalue weighted by molar-refractivity contribution is 5.92. The van der Waals surface area contributed by atoms with Gasteiger partial charge in [0.1, 0.15) is 5.75 Å². The number of carbonyl (C=O) groups excluding carboxylic acids is 1. The zero-order chi connectivity index (χ0) is 14.3. The van der Waals surface area contributed by atoms with Gasteiger partial charge in [-0.3, -0.25) is 4.79 Å². The van der Waals surface area contributed by atoms with Crippen molar-refractivity contribution in [3.05, 3.63) is 23.8 Å². The maximum Gasteiger partial charge on any atom is 0.224 e. The Morgan fingerprint density at radius 3 is 2.79 bits per heavy atom. The van der Waals surface area contributed by atoms with Crippen molar-refractivity contribution in [3.8, 4) is 17.6 Å². The van der Waals surface area contributed by atoms with Crippen molar-refractivity contribution in [2.45, 2.75) is 20.3 Å². The molecule has 3 N–H and O–H groups in total. The van der Waals surface area contributed by atoms with Crippen LogP contribution in [0.3, 0.4) is 0 Å². The molecule has 0 aliphatic carbocycles. The van der Waals surface area contributed by atoms with E-state index in [1.54, 1.807) is 19.2 Å². The average Bonchev–Trinajstić information content (AvgIpc) is 2.35. The number of nitrogens with two attached hydrogens (primary N) is 1. The van der Waals surface area contributed by atoms with Crippen LogP contribution in [0, 0.1) is 17.8 Å². The van der Waals surface area contributed by atoms with Gasteiger partial charge in [0.2, 0.25) is 5.91 Å². The summed E-state index contributed by atoms with van der Waals surface area (Å²) < 4.78 is 5.22. The summed E-state index contributed by atoms with van der Waals surface area (Å²) in [6, 6.07) is 5.41. The Hall–Kier alpha value is -1.99. The number of methoxy groups -OCH3 is 1. The number of amides is 1. The van der Waals surface area contributed by atoms with Crippen molar-refractivity contribution in [1.82, 2.24) is 0 Å². The van der Waals surface area contributed by atoms with E-state index in [2.05, 4.69) is 17.2 Å². The molecule has 1 rings (SSSR count). The predicted octanol–water partition coefficient (Wildman–Crippen LogP) is 1.99. The molecule has 0 bridgehead atoms. The summed E-state index contributed by atoms with van der Waals surface area (Å²) in [5.41, 5.74) is 6.77. The Labute approximate surface area is 114 Å². The zero-order valence-corrected chi connectivity index (χ0v) is 11.6. The van der Waals surface area contributed by atoms with E-state index >= 15 is 0 Å². The highest BCUT2D eigenvalue weighted by Crippen LogP contribution is 2.25. The minimum absolute atomic E-state index is 0.0303. The fraction of sp³-hybridized carbons (Fsp3) is 0.400. The number of anilines is 1. The van der Waals surface area contributed by atoms with Crippen molar-refractivity contribution in [3.63, 3.8) is 0 Å². The highest BCUT2D eigenvalue weighted by Gasteiger charge is 2.09. The molecule has 1 amide bonds. The molecular weight excluding hydrogens is 240 g/mol. The molecule has 19 heavy (non-hydrogen) atoms. The standard InChI is InChI=1S/C15H20N2O2/c1-11(2)9-15(18)17-13-10-12(5-4-8-16)6-7-14(13)19-3/h6-7,10-11H,8-9,16H2,1-3H3,(H,17,18). The van der Waals surface area contributed by atoms with Gasteiger partial charge in [0.15, 0.2) is 0 Å². The summed E-state index contributed by atoms with van der Waals surface area (Å²) in [7, 11) is 1.57. The second-order valence-corrected chi connectivity index (χ2v) is 4.57. The van der Waals surface area contributed by atoms with Crippen LogP contribution >= 0.6 is 0 Å². The first-order chi connectivity index (χ1) is 9.06. The number of nitrogens with one attached hydrogen (secondary N) is 1. The van der Waals surface area contributed by atoms with Gasteiger partial charge in [-0.05, 0) is 24.1 Å². The van der Waals surface area contributed by atoms with Gasteiger partial charge in [0.25, 0.3) is 0 Å². The summed E-state index contributed by atoms with van der Waals surface area (Å²) in [5.74, 6) is 6.61. The van der Waals surface area contributed by atoms with Crippen LogP contribution in [0.5, 0.6) is 5.75 Å². The minimum atomic E-state index is -0.0303. The van der Waals surface area contributed by atoms with Gasteiger partial charge in [-0.25, -0.2) is 0 Å². The number of rotatable bonds is 4. The molecule has 0 aromatic heterocycles. The third kappa shape index (κ3) is 5.02. The van der Waals surface area contributed by atoms with Crippen LogP contribution in [-0.4, -0.2) is 19.6 Å². The van der Waals surface area contributed by atoms with Gasteiger partial charge in [-0.2, -0.15) is 0 Å². The van der Waals surface area contributed by atoms with Gasteiger partial charge in [0, 0.05) is 12.0 Å². The van der Waals surface area contributed by atoms with Crippen molar-refractivity contribution in [2.24, 2.45) is 11.7 Å². The first-order valence-corrected chi connectivity index (χ1v) is 6.23. The van der Waals surface area contributed by atoms with E-state index < -0.39 is 0 Å². The Balaban J connectivity index is 2.92. The fourth-order valence-corrected chi connectivity index (χ4v) is 1.61. The minimum Gasteiger partial charge on any atom is -0.495 e. The summed E-state index contributed by atoms with van der Waals surface area (Å²) >= 11 is 0. The molecule has 0 aliphatic rings. The molecule has 102 valence electrons. The molecular formula is C15H20N2O2. The second-order valence-electron chi connectivity index (χ2n) is 4.57. The molecule has 0 fully saturated rings. The molecule has 4 nitrogen and oxygen atoms in total. The number of hydrogen-bond donors (Lipinski definition) is 2. The van der Waals surface area contributed by atoms with Crippen molar-refractivity contribution in [1.29, 1.82) is 0 Å². The predicted molar refractivity (Wildman–Crippen MR) is 77.0 cm³/mol. The molecule has 4 heteroatoms. The van der Waals surface area contributed by atoms with E-state index in [0.717, 1.165) is 5.56 Å². The lowest BCUT2D eigenvalue weighted by Gasteiger charge is -2.11. The lowest BCUT2D eigenvalue weighted by molar-refractivity contribution is -0.116. The second kappa shape index (κ2) is 7.45. The van der Waals surface area contributed by atoms with E-state index in [1.807, 2.05) is 19.9 Å². The van der Waals surface area contributed by atoms with E-state index in [-0.39, 0.29) is 5.91 Å². The van der Waals surface area contributed by atoms with Crippen LogP contribution in [-0.2, 0) is 4.79 Å². The molecule has 0 saturated carbocycles. The molecule has 0 saturated heterocycles. The van der Waals surface area contributed by atoms with Gasteiger partial charge in [0.05, 0.1) is 19.3 Å². The lowest BCUT2D eigenvalue weighted by Crippen LogP contribution is -2.14. The molecule has 0 radical (unpaired) electrons. The number of hydrogen-bond acceptors (Lipinski definition) is 3. The Morgan fingerprint density at radius 2 is 2.21 bits per heavy atom. The molecule has 0 aliphatic heterocycles. The van der Waals surface area contributed by atoms with Crippen molar-refractivity contribution < 1.29 is 9.53 Å². The first kappa shape index (κ1) is 15.1. The monoisotopic (exact) mass is 260 g/mol. The third-order valence-electron chi connectivity index (χ3n) is 2.40. The van der Waals surface area contributed by atoms with Crippen molar-refractivity contribution >= 4 is 11.6 Å². The Morgan fingerprint density at radius 1 is 1.47 bits per heavy atom. The molecule has 1 aromatic rings. The van der Waals surface area contributed by atoms with Crippen molar-refractivity contribution in [2.75, 3.05) is 19.0 Å². The van der Waals surface area contributed by atoms with Gasteiger partial charge in [-0.1, -0.05) is 25.7 Å². The number of ether oxygens (including phenoxy) is 1. The van der Waals surface area contributed by atoms with Crippen LogP contribution in [0.2, 0.25) is 0 Å². The van der Waals surface area contributed by atoms with Crippen LogP contribution in [0.4, 0.5) is 5.69 Å². The van der Waals surface area contributed by atoms with Crippen LogP contribution < -0.4 is 15.8 Å². The summed E-state index contributed by atoms with van der Waals surface area (Å²) in [6.07, 6.45) is 0.474. The molecule has 0 heterocycles. The molecule has 0 unspecified atom stereocenters. The first-order valence-electron chi connectivity index (χ1n) is 6.23. The van der Waals surface area contributed by atoms with Crippen LogP contribution in [0.15, 0.2) is 18.2 Å². The average molecular weight is 260 g/mol. The van der Waals surface area contributed by atoms with E-state index in [1.165, 1.54) is 0 Å². The summed E-state index contributed by atoms with van der Waals surface area (Å²) in [4.78, 5) is 11.8. The Kier molecular flexibility index (Phi) is 5.91. The van der Waals surface area contributed by atoms with E-state index in [9.17, 15) is 4.79 Å². The molecule has 0 spiro atoms. The van der Waals surface area contributed by atoms with Gasteiger partial charge in [-0.15, -0.1) is 0 Å². The SMILES string of the molecule is COc1ccc(C#CCN)cc1NC(=O)CC(C)C. The molecule has 0 atom stereocenters. The molecule has 1 aromatic carbocycles. The maximum atomic E-state index is 11.8. The van der Waals surface area contributed by atoms with Gasteiger partial charge >= 0.3 is 0 Å². The zero-order valence-electron chi connectivity index (χ0n) is 11.6. The van der Waals surface area contributed by atoms with Gasteiger partial charge < -0.3 is 15.8 Å². The van der Waals surface area contributed by atoms with E-state index in [0.29, 0.717) is 30.3 Å². The fourth-order valence-electron chi connectivity index (χ4n) is 1.61. The highest BCUT2D eigenvalue weighted by atomic mass is 16.5. The lowest BCUT2D eigenvalue weighted by atomic mass is 10.1. The van der Waals surface area contributed by atoms with Crippen LogP contribution in [0.1, 0.15) is 25.8 Å². The number of benzene rings is 1. The van der Waals surface area contributed by atoms with Crippen LogP contribution in [0.25, 0.3) is 0 Å². The van der Waals surface area contributed by atoms with E-state index in [4.69, 9.17) is 10.5 Å². The normalized spacial score (nSPS) is 9.74. The summed E-state index contributed by atoms with van der Waals surface area (Å²) in [5, 5.41) is 2.85. The topological polar surface area (TPSA) is 64.3 Å². The number of carbonyl (C=O) groups is 1. The Bertz CT molecular complexity index is 499. The quantitative estimate of drug-likeness (QED) is 0.814. The third-order valence-corrected chi connectivity index (χ3v) is 2.40. The largest absolute Gasteiger partial charge is 0.495 e. The smallest absolute Gasteiger partial charge is 0.224 e.